The molecule has 1 aromatic heterocycles. The molecule has 102 valence electrons. The van der Waals surface area contributed by atoms with Gasteiger partial charge in [0.1, 0.15) is 11.1 Å². The number of nitrogens with zero attached hydrogens (tertiary/aromatic N) is 2. The highest BCUT2D eigenvalue weighted by atomic mass is 35.5. The molecule has 2 N–H and O–H groups in total. The van der Waals surface area contributed by atoms with E-state index in [1.165, 1.54) is 6.20 Å². The van der Waals surface area contributed by atoms with Crippen molar-refractivity contribution in [3.63, 3.8) is 0 Å². The number of carbonyl (C=O) groups is 1. The van der Waals surface area contributed by atoms with Crippen LogP contribution in [0.4, 0.5) is 0 Å². The number of ether oxygens (including phenoxy) is 1. The molecule has 0 saturated heterocycles. The zero-order valence-corrected chi connectivity index (χ0v) is 12.2. The van der Waals surface area contributed by atoms with Crippen molar-refractivity contribution in [1.29, 1.82) is 0 Å². The van der Waals surface area contributed by atoms with Crippen LogP contribution in [0.3, 0.4) is 0 Å². The molecule has 0 spiro atoms. The highest BCUT2D eigenvalue weighted by Crippen LogP contribution is 2.18. The number of carbonyl (C=O) groups excluding carboxylic acids is 1. The van der Waals surface area contributed by atoms with E-state index in [2.05, 4.69) is 5.10 Å². The summed E-state index contributed by atoms with van der Waals surface area (Å²) in [6.45, 7) is 9.07. The van der Waals surface area contributed by atoms with E-state index >= 15 is 0 Å². The van der Waals surface area contributed by atoms with Gasteiger partial charge in [-0.15, -0.1) is 0 Å². The fourth-order valence-electron chi connectivity index (χ4n) is 1.35. The number of esters is 1. The second kappa shape index (κ2) is 4.90. The van der Waals surface area contributed by atoms with E-state index in [0.29, 0.717) is 5.02 Å². The average Bonchev–Trinajstić information content (AvgIpc) is 2.46. The first-order valence-corrected chi connectivity index (χ1v) is 6.11. The van der Waals surface area contributed by atoms with Crippen molar-refractivity contribution in [2.75, 3.05) is 0 Å². The van der Waals surface area contributed by atoms with E-state index in [0.717, 1.165) is 5.69 Å². The lowest BCUT2D eigenvalue weighted by molar-refractivity contribution is -0.161. The molecule has 1 atom stereocenters. The summed E-state index contributed by atoms with van der Waals surface area (Å²) in [5.74, 6) is -0.457. The first kappa shape index (κ1) is 15.0. The summed E-state index contributed by atoms with van der Waals surface area (Å²) in [4.78, 5) is 12.0. The summed E-state index contributed by atoms with van der Waals surface area (Å²) in [6.07, 6.45) is 1.53. The van der Waals surface area contributed by atoms with Gasteiger partial charge in [-0.1, -0.05) is 11.6 Å². The van der Waals surface area contributed by atoms with E-state index < -0.39 is 17.1 Å². The Bertz CT molecular complexity index is 447. The van der Waals surface area contributed by atoms with E-state index in [1.54, 1.807) is 32.4 Å². The lowest BCUT2D eigenvalue weighted by atomic mass is 10.0. The van der Waals surface area contributed by atoms with Crippen LogP contribution in [-0.2, 0) is 16.1 Å². The van der Waals surface area contributed by atoms with Gasteiger partial charge < -0.3 is 10.5 Å². The predicted octanol–water partition coefficient (Wildman–Crippen LogP) is 1.90. The van der Waals surface area contributed by atoms with Crippen molar-refractivity contribution < 1.29 is 9.53 Å². The number of halogens is 1. The molecule has 0 aliphatic heterocycles. The minimum atomic E-state index is -1.15. The van der Waals surface area contributed by atoms with Crippen molar-refractivity contribution in [3.8, 4) is 0 Å². The summed E-state index contributed by atoms with van der Waals surface area (Å²) < 4.78 is 6.89. The highest BCUT2D eigenvalue weighted by Gasteiger charge is 2.34. The molecule has 0 fully saturated rings. The Labute approximate surface area is 112 Å². The summed E-state index contributed by atoms with van der Waals surface area (Å²) in [6, 6.07) is 0. The molecule has 0 radical (unpaired) electrons. The van der Waals surface area contributed by atoms with Gasteiger partial charge in [0.15, 0.2) is 0 Å². The molecule has 18 heavy (non-hydrogen) atoms. The molecule has 0 bridgehead atoms. The van der Waals surface area contributed by atoms with E-state index in [-0.39, 0.29) is 6.54 Å². The van der Waals surface area contributed by atoms with Crippen molar-refractivity contribution in [3.05, 3.63) is 16.9 Å². The summed E-state index contributed by atoms with van der Waals surface area (Å²) in [5.41, 5.74) is 5.07. The summed E-state index contributed by atoms with van der Waals surface area (Å²) >= 11 is 5.90. The third kappa shape index (κ3) is 3.71. The SMILES string of the molecule is Cc1c(Cl)cnn1CC(C)(N)C(=O)OC(C)(C)C. The van der Waals surface area contributed by atoms with Crippen LogP contribution in [0.25, 0.3) is 0 Å². The molecule has 0 aliphatic rings. The molecule has 1 unspecified atom stereocenters. The molecule has 1 rings (SSSR count). The van der Waals surface area contributed by atoms with E-state index in [9.17, 15) is 4.79 Å². The maximum absolute atomic E-state index is 12.0. The third-order valence-electron chi connectivity index (χ3n) is 2.39. The highest BCUT2D eigenvalue weighted by molar-refractivity contribution is 6.31. The summed E-state index contributed by atoms with van der Waals surface area (Å²) in [5, 5.41) is 4.63. The van der Waals surface area contributed by atoms with Gasteiger partial charge in [-0.3, -0.25) is 4.68 Å². The fourth-order valence-corrected chi connectivity index (χ4v) is 1.49. The van der Waals surface area contributed by atoms with Crippen LogP contribution in [0.1, 0.15) is 33.4 Å². The van der Waals surface area contributed by atoms with Crippen LogP contribution in [-0.4, -0.2) is 26.9 Å². The van der Waals surface area contributed by atoms with Crippen molar-refractivity contribution in [1.82, 2.24) is 9.78 Å². The Morgan fingerprint density at radius 2 is 2.06 bits per heavy atom. The maximum Gasteiger partial charge on any atom is 0.328 e. The van der Waals surface area contributed by atoms with Gasteiger partial charge in [-0.25, -0.2) is 4.79 Å². The van der Waals surface area contributed by atoms with E-state index in [4.69, 9.17) is 22.1 Å². The Morgan fingerprint density at radius 3 is 2.44 bits per heavy atom. The molecule has 1 aromatic rings. The van der Waals surface area contributed by atoms with Gasteiger partial charge >= 0.3 is 5.97 Å². The van der Waals surface area contributed by atoms with Crippen LogP contribution in [0.2, 0.25) is 5.02 Å². The minimum absolute atomic E-state index is 0.223. The molecule has 5 nitrogen and oxygen atoms in total. The Balaban J connectivity index is 2.82. The van der Waals surface area contributed by atoms with Gasteiger partial charge in [0.2, 0.25) is 0 Å². The van der Waals surface area contributed by atoms with Crippen LogP contribution in [0, 0.1) is 6.92 Å². The lowest BCUT2D eigenvalue weighted by Gasteiger charge is -2.28. The van der Waals surface area contributed by atoms with Gasteiger partial charge in [-0.2, -0.15) is 5.10 Å². The number of aromatic nitrogens is 2. The molecule has 1 heterocycles. The Kier molecular flexibility index (Phi) is 4.08. The van der Waals surface area contributed by atoms with Crippen LogP contribution >= 0.6 is 11.6 Å². The number of hydrogen-bond donors (Lipinski definition) is 1. The van der Waals surface area contributed by atoms with Crippen LogP contribution < -0.4 is 5.73 Å². The molecule has 0 saturated carbocycles. The zero-order valence-electron chi connectivity index (χ0n) is 11.5. The molecular formula is C12H20ClN3O2. The number of rotatable bonds is 3. The van der Waals surface area contributed by atoms with Gasteiger partial charge in [0.05, 0.1) is 23.5 Å². The van der Waals surface area contributed by atoms with Gasteiger partial charge in [-0.05, 0) is 34.6 Å². The number of hydrogen-bond acceptors (Lipinski definition) is 4. The number of nitrogens with two attached hydrogens (primary N) is 1. The quantitative estimate of drug-likeness (QED) is 0.854. The largest absolute Gasteiger partial charge is 0.459 e. The van der Waals surface area contributed by atoms with Crippen molar-refractivity contribution in [2.45, 2.75) is 52.3 Å². The third-order valence-corrected chi connectivity index (χ3v) is 2.76. The van der Waals surface area contributed by atoms with Gasteiger partial charge in [0, 0.05) is 0 Å². The maximum atomic E-state index is 12.0. The molecule has 6 heteroatoms. The standard InChI is InChI=1S/C12H20ClN3O2/c1-8-9(13)6-15-16(8)7-12(5,14)10(17)18-11(2,3)4/h6H,7,14H2,1-5H3. The first-order valence-electron chi connectivity index (χ1n) is 5.73. The van der Waals surface area contributed by atoms with Crippen molar-refractivity contribution in [2.24, 2.45) is 5.73 Å². The molecule has 0 aromatic carbocycles. The van der Waals surface area contributed by atoms with Crippen LogP contribution in [0.15, 0.2) is 6.20 Å². The molecule has 0 amide bonds. The van der Waals surface area contributed by atoms with Crippen molar-refractivity contribution >= 4 is 17.6 Å². The molecular weight excluding hydrogens is 254 g/mol. The minimum Gasteiger partial charge on any atom is -0.459 e. The van der Waals surface area contributed by atoms with Crippen LogP contribution in [0.5, 0.6) is 0 Å². The Morgan fingerprint density at radius 1 is 1.50 bits per heavy atom. The normalized spacial score (nSPS) is 15.3. The van der Waals surface area contributed by atoms with E-state index in [1.807, 2.05) is 6.92 Å². The first-order chi connectivity index (χ1) is 8.03. The topological polar surface area (TPSA) is 70.1 Å². The lowest BCUT2D eigenvalue weighted by Crippen LogP contribution is -2.51. The predicted molar refractivity (Wildman–Crippen MR) is 70.4 cm³/mol. The molecule has 0 aliphatic carbocycles. The second-order valence-electron chi connectivity index (χ2n) is 5.65. The second-order valence-corrected chi connectivity index (χ2v) is 6.06. The summed E-state index contributed by atoms with van der Waals surface area (Å²) in [7, 11) is 0. The average molecular weight is 274 g/mol. The fraction of sp³-hybridized carbons (Fsp3) is 0.667. The monoisotopic (exact) mass is 273 g/mol. The smallest absolute Gasteiger partial charge is 0.328 e. The Hall–Kier alpha value is -1.07. The zero-order chi connectivity index (χ0) is 14.1. The van der Waals surface area contributed by atoms with Gasteiger partial charge in [0.25, 0.3) is 0 Å².